The molecule has 0 saturated heterocycles. The average molecular weight is 401 g/mol. The molecule has 1 atom stereocenters. The van der Waals surface area contributed by atoms with E-state index in [-0.39, 0.29) is 24.0 Å². The van der Waals surface area contributed by atoms with Gasteiger partial charge in [-0.3, -0.25) is 9.59 Å². The van der Waals surface area contributed by atoms with Crippen LogP contribution in [-0.2, 0) is 27.6 Å². The van der Waals surface area contributed by atoms with Crippen LogP contribution in [0.25, 0.3) is 0 Å². The number of hydrogen-bond acceptors (Lipinski definition) is 4. The van der Waals surface area contributed by atoms with Crippen molar-refractivity contribution in [1.82, 2.24) is 10.2 Å². The Hall–Kier alpha value is -2.67. The molecular formula is C21H24N2O4S. The maximum atomic E-state index is 12.8. The van der Waals surface area contributed by atoms with Crippen LogP contribution in [0.4, 0.5) is 0 Å². The topological polar surface area (TPSA) is 83.6 Å². The van der Waals surface area contributed by atoms with E-state index in [0.717, 1.165) is 17.4 Å². The zero-order chi connectivity index (χ0) is 20.1. The van der Waals surface area contributed by atoms with E-state index >= 15 is 0 Å². The smallest absolute Gasteiger partial charge is 0.255 e. The zero-order valence-corrected chi connectivity index (χ0v) is 16.6. The average Bonchev–Trinajstić information content (AvgIpc) is 2.99. The Bertz CT molecular complexity index is 957. The van der Waals surface area contributed by atoms with E-state index in [2.05, 4.69) is 5.32 Å². The highest BCUT2D eigenvalue weighted by Crippen LogP contribution is 2.25. The Balaban J connectivity index is 1.70. The van der Waals surface area contributed by atoms with Crippen molar-refractivity contribution in [2.75, 3.05) is 18.6 Å². The van der Waals surface area contributed by atoms with Gasteiger partial charge in [0.2, 0.25) is 5.91 Å². The van der Waals surface area contributed by atoms with Crippen molar-refractivity contribution in [2.45, 2.75) is 25.4 Å². The van der Waals surface area contributed by atoms with E-state index < -0.39 is 15.9 Å². The second kappa shape index (κ2) is 8.56. The second-order valence-corrected chi connectivity index (χ2v) is 9.31. The first-order chi connectivity index (χ1) is 13.3. The number of benzene rings is 2. The lowest BCUT2D eigenvalue weighted by Gasteiger charge is -2.26. The van der Waals surface area contributed by atoms with E-state index in [1.165, 1.54) is 4.90 Å². The Morgan fingerprint density at radius 2 is 1.79 bits per heavy atom. The third-order valence-electron chi connectivity index (χ3n) is 4.85. The number of carbonyl (C=O) groups is 2. The molecule has 0 radical (unpaired) electrons. The Morgan fingerprint density at radius 1 is 1.11 bits per heavy atom. The van der Waals surface area contributed by atoms with E-state index in [9.17, 15) is 18.0 Å². The summed E-state index contributed by atoms with van der Waals surface area (Å²) in [7, 11) is -3.25. The van der Waals surface area contributed by atoms with Gasteiger partial charge >= 0.3 is 0 Å². The number of sulfone groups is 1. The number of carbonyl (C=O) groups excluding carboxylic acids is 2. The number of amides is 2. The third-order valence-corrected chi connectivity index (χ3v) is 5.82. The molecule has 0 bridgehead atoms. The third kappa shape index (κ3) is 4.98. The molecule has 0 fully saturated rings. The fourth-order valence-corrected chi connectivity index (χ4v) is 4.03. The van der Waals surface area contributed by atoms with Gasteiger partial charge in [0.15, 0.2) is 0 Å². The van der Waals surface area contributed by atoms with Gasteiger partial charge in [0.1, 0.15) is 15.9 Å². The standard InChI is InChI=1S/C21H24N2O4S/c1-28(26,27)14-12-19(20(24)22-13-11-16-7-3-2-4-8-16)23-15-17-9-5-6-10-18(17)21(23)25/h2-10,19H,11-15H2,1H3,(H,22,24)/t19-/m1/s1. The summed E-state index contributed by atoms with van der Waals surface area (Å²) in [6.07, 6.45) is 1.88. The maximum Gasteiger partial charge on any atom is 0.255 e. The zero-order valence-electron chi connectivity index (χ0n) is 15.8. The van der Waals surface area contributed by atoms with Crippen LogP contribution in [0.5, 0.6) is 0 Å². The van der Waals surface area contributed by atoms with Gasteiger partial charge in [-0.2, -0.15) is 0 Å². The predicted molar refractivity (Wildman–Crippen MR) is 108 cm³/mol. The molecule has 28 heavy (non-hydrogen) atoms. The van der Waals surface area contributed by atoms with E-state index in [1.54, 1.807) is 12.1 Å². The fraction of sp³-hybridized carbons (Fsp3) is 0.333. The Labute approximate surface area is 165 Å². The maximum absolute atomic E-state index is 12.8. The van der Waals surface area contributed by atoms with Crippen LogP contribution in [0.1, 0.15) is 27.9 Å². The second-order valence-electron chi connectivity index (χ2n) is 7.05. The highest BCUT2D eigenvalue weighted by Gasteiger charge is 2.36. The molecule has 2 amide bonds. The van der Waals surface area contributed by atoms with Gasteiger partial charge < -0.3 is 10.2 Å². The van der Waals surface area contributed by atoms with Gasteiger partial charge in [-0.1, -0.05) is 48.5 Å². The van der Waals surface area contributed by atoms with Crippen molar-refractivity contribution in [3.05, 3.63) is 71.3 Å². The Kier molecular flexibility index (Phi) is 6.14. The van der Waals surface area contributed by atoms with Crippen LogP contribution >= 0.6 is 0 Å². The van der Waals surface area contributed by atoms with Gasteiger partial charge in [0.25, 0.3) is 5.91 Å². The summed E-state index contributed by atoms with van der Waals surface area (Å²) in [5, 5.41) is 2.86. The molecule has 0 aromatic heterocycles. The van der Waals surface area contributed by atoms with Crippen LogP contribution in [-0.4, -0.2) is 49.7 Å². The molecule has 7 heteroatoms. The predicted octanol–water partition coefficient (Wildman–Crippen LogP) is 1.80. The lowest BCUT2D eigenvalue weighted by Crippen LogP contribution is -2.48. The number of nitrogens with one attached hydrogen (secondary N) is 1. The van der Waals surface area contributed by atoms with Crippen molar-refractivity contribution in [3.63, 3.8) is 0 Å². The molecule has 0 unspecified atom stereocenters. The number of rotatable bonds is 8. The summed E-state index contributed by atoms with van der Waals surface area (Å²) in [4.78, 5) is 27.1. The number of fused-ring (bicyclic) bond motifs is 1. The van der Waals surface area contributed by atoms with Crippen LogP contribution in [0.3, 0.4) is 0 Å². The molecule has 1 aliphatic heterocycles. The molecule has 3 rings (SSSR count). The van der Waals surface area contributed by atoms with Crippen molar-refractivity contribution >= 4 is 21.7 Å². The molecule has 2 aromatic rings. The summed E-state index contributed by atoms with van der Waals surface area (Å²) in [6.45, 7) is 0.739. The molecule has 0 spiro atoms. The highest BCUT2D eigenvalue weighted by atomic mass is 32.2. The van der Waals surface area contributed by atoms with Crippen LogP contribution in [0, 0.1) is 0 Å². The molecule has 0 saturated carbocycles. The summed E-state index contributed by atoms with van der Waals surface area (Å²) >= 11 is 0. The first kappa shape index (κ1) is 20.1. The van der Waals surface area contributed by atoms with E-state index in [1.807, 2.05) is 42.5 Å². The molecule has 2 aromatic carbocycles. The lowest BCUT2D eigenvalue weighted by atomic mass is 10.1. The molecule has 1 heterocycles. The van der Waals surface area contributed by atoms with E-state index in [4.69, 9.17) is 0 Å². The van der Waals surface area contributed by atoms with Gasteiger partial charge in [-0.05, 0) is 30.0 Å². The summed E-state index contributed by atoms with van der Waals surface area (Å²) in [5.74, 6) is -0.697. The molecule has 0 aliphatic carbocycles. The summed E-state index contributed by atoms with van der Waals surface area (Å²) < 4.78 is 23.3. The van der Waals surface area contributed by atoms with Crippen LogP contribution in [0.2, 0.25) is 0 Å². The van der Waals surface area contributed by atoms with Crippen molar-refractivity contribution in [2.24, 2.45) is 0 Å². The van der Waals surface area contributed by atoms with Crippen LogP contribution in [0.15, 0.2) is 54.6 Å². The van der Waals surface area contributed by atoms with Crippen molar-refractivity contribution < 1.29 is 18.0 Å². The quantitative estimate of drug-likeness (QED) is 0.732. The largest absolute Gasteiger partial charge is 0.354 e. The first-order valence-electron chi connectivity index (χ1n) is 9.23. The van der Waals surface area contributed by atoms with Gasteiger partial charge in [-0.25, -0.2) is 8.42 Å². The molecule has 148 valence electrons. The highest BCUT2D eigenvalue weighted by molar-refractivity contribution is 7.90. The molecular weight excluding hydrogens is 376 g/mol. The minimum atomic E-state index is -3.25. The van der Waals surface area contributed by atoms with Gasteiger partial charge in [0, 0.05) is 24.9 Å². The first-order valence-corrected chi connectivity index (χ1v) is 11.3. The van der Waals surface area contributed by atoms with E-state index in [0.29, 0.717) is 25.1 Å². The van der Waals surface area contributed by atoms with Gasteiger partial charge in [-0.15, -0.1) is 0 Å². The number of hydrogen-bond donors (Lipinski definition) is 1. The molecule has 6 nitrogen and oxygen atoms in total. The van der Waals surface area contributed by atoms with Gasteiger partial charge in [0.05, 0.1) is 5.75 Å². The lowest BCUT2D eigenvalue weighted by molar-refractivity contribution is -0.125. The Morgan fingerprint density at radius 3 is 2.46 bits per heavy atom. The van der Waals surface area contributed by atoms with Crippen LogP contribution < -0.4 is 5.32 Å². The normalized spacial score (nSPS) is 14.6. The summed E-state index contributed by atoms with van der Waals surface area (Å²) in [6, 6.07) is 16.2. The van der Waals surface area contributed by atoms with Crippen molar-refractivity contribution in [1.29, 1.82) is 0 Å². The summed E-state index contributed by atoms with van der Waals surface area (Å²) in [5.41, 5.74) is 2.53. The monoisotopic (exact) mass is 400 g/mol. The fourth-order valence-electron chi connectivity index (χ4n) is 3.38. The molecule has 1 aliphatic rings. The number of nitrogens with zero attached hydrogens (tertiary/aromatic N) is 1. The SMILES string of the molecule is CS(=O)(=O)CC[C@H](C(=O)NCCc1ccccc1)N1Cc2ccccc2C1=O. The molecule has 1 N–H and O–H groups in total. The minimum Gasteiger partial charge on any atom is -0.354 e. The van der Waals surface area contributed by atoms with Crippen molar-refractivity contribution in [3.8, 4) is 0 Å². The minimum absolute atomic E-state index is 0.0791.